The van der Waals surface area contributed by atoms with E-state index in [1.54, 1.807) is 6.92 Å². The van der Waals surface area contributed by atoms with Crippen molar-refractivity contribution in [3.8, 4) is 6.07 Å². The van der Waals surface area contributed by atoms with Crippen molar-refractivity contribution in [2.24, 2.45) is 10.8 Å². The van der Waals surface area contributed by atoms with Crippen LogP contribution in [0.4, 0.5) is 0 Å². The Morgan fingerprint density at radius 2 is 1.89 bits per heavy atom. The lowest BCUT2D eigenvalue weighted by atomic mass is 9.79. The predicted molar refractivity (Wildman–Crippen MR) is 69.6 cm³/mol. The van der Waals surface area contributed by atoms with Crippen LogP contribution in [0.5, 0.6) is 0 Å². The fraction of sp³-hybridized carbons (Fsp3) is 0.846. The van der Waals surface area contributed by atoms with Crippen molar-refractivity contribution in [3.63, 3.8) is 0 Å². The largest absolute Gasteiger partial charge is 0.297 e. The molecule has 1 fully saturated rings. The summed E-state index contributed by atoms with van der Waals surface area (Å²) in [5.41, 5.74) is -1.57. The van der Waals surface area contributed by atoms with Gasteiger partial charge < -0.3 is 0 Å². The van der Waals surface area contributed by atoms with Crippen LogP contribution in [0.25, 0.3) is 0 Å². The molecule has 5 heteroatoms. The molecule has 1 atom stereocenters. The van der Waals surface area contributed by atoms with Gasteiger partial charge in [-0.15, -0.1) is 0 Å². The van der Waals surface area contributed by atoms with Crippen LogP contribution < -0.4 is 0 Å². The number of carbonyl (C=O) groups excluding carboxylic acids is 1. The third kappa shape index (κ3) is 2.92. The maximum Gasteiger partial charge on any atom is 0.158 e. The third-order valence-electron chi connectivity index (χ3n) is 3.80. The van der Waals surface area contributed by atoms with Gasteiger partial charge in [-0.3, -0.25) is 4.79 Å². The molecule has 0 aliphatic heterocycles. The molecule has 0 heterocycles. The van der Waals surface area contributed by atoms with E-state index in [9.17, 15) is 18.5 Å². The van der Waals surface area contributed by atoms with Crippen molar-refractivity contribution in [1.82, 2.24) is 0 Å². The van der Waals surface area contributed by atoms with Gasteiger partial charge in [0.2, 0.25) is 0 Å². The van der Waals surface area contributed by atoms with Crippen molar-refractivity contribution in [1.29, 1.82) is 5.26 Å². The van der Waals surface area contributed by atoms with Crippen LogP contribution in [-0.4, -0.2) is 25.7 Å². The van der Waals surface area contributed by atoms with Gasteiger partial charge >= 0.3 is 0 Å². The van der Waals surface area contributed by atoms with Crippen molar-refractivity contribution < 1.29 is 13.2 Å². The van der Waals surface area contributed by atoms with E-state index in [0.29, 0.717) is 19.3 Å². The standard InChI is InChI=1S/C13H21NO3S/c1-4-8-18(16,17)9-7-13(10-14)6-5-12(2,3)11(13)15/h4-9H2,1-3H3. The van der Waals surface area contributed by atoms with Crippen LogP contribution in [0.2, 0.25) is 0 Å². The molecule has 1 saturated carbocycles. The SMILES string of the molecule is CCCS(=O)(=O)CCC1(C#N)CCC(C)(C)C1=O. The highest BCUT2D eigenvalue weighted by Crippen LogP contribution is 2.47. The Kier molecular flexibility index (Phi) is 4.22. The highest BCUT2D eigenvalue weighted by molar-refractivity contribution is 7.91. The molecule has 18 heavy (non-hydrogen) atoms. The highest BCUT2D eigenvalue weighted by atomic mass is 32.2. The van der Waals surface area contributed by atoms with Gasteiger partial charge in [0.15, 0.2) is 5.78 Å². The first kappa shape index (κ1) is 15.2. The van der Waals surface area contributed by atoms with Gasteiger partial charge in [0.05, 0.1) is 11.8 Å². The van der Waals surface area contributed by atoms with Gasteiger partial charge in [-0.1, -0.05) is 20.8 Å². The molecule has 0 radical (unpaired) electrons. The molecule has 0 aromatic heterocycles. The molecule has 0 amide bonds. The van der Waals surface area contributed by atoms with Crippen LogP contribution in [0.15, 0.2) is 0 Å². The van der Waals surface area contributed by atoms with Gasteiger partial charge in [-0.05, 0) is 25.7 Å². The summed E-state index contributed by atoms with van der Waals surface area (Å²) in [4.78, 5) is 12.2. The highest BCUT2D eigenvalue weighted by Gasteiger charge is 2.52. The molecule has 1 rings (SSSR count). The number of sulfone groups is 1. The summed E-state index contributed by atoms with van der Waals surface area (Å²) >= 11 is 0. The zero-order chi connectivity index (χ0) is 14.0. The number of carbonyl (C=O) groups is 1. The fourth-order valence-electron chi connectivity index (χ4n) is 2.54. The maximum absolute atomic E-state index is 12.2. The molecule has 0 bridgehead atoms. The smallest absolute Gasteiger partial charge is 0.158 e. The Balaban J connectivity index is 2.83. The number of hydrogen-bond donors (Lipinski definition) is 0. The lowest BCUT2D eigenvalue weighted by Gasteiger charge is -2.22. The van der Waals surface area contributed by atoms with Crippen LogP contribution in [0.1, 0.15) is 46.5 Å². The Bertz CT molecular complexity index is 473. The molecule has 102 valence electrons. The predicted octanol–water partition coefficient (Wildman–Crippen LogP) is 2.10. The van der Waals surface area contributed by atoms with Gasteiger partial charge in [0.1, 0.15) is 15.3 Å². The zero-order valence-electron chi connectivity index (χ0n) is 11.3. The maximum atomic E-state index is 12.2. The molecule has 0 saturated heterocycles. The minimum atomic E-state index is -3.13. The summed E-state index contributed by atoms with van der Waals surface area (Å²) < 4.78 is 23.4. The average molecular weight is 271 g/mol. The molecular weight excluding hydrogens is 250 g/mol. The fourth-order valence-corrected chi connectivity index (χ4v) is 4.03. The van der Waals surface area contributed by atoms with Crippen LogP contribution in [0, 0.1) is 22.2 Å². The topological polar surface area (TPSA) is 75.0 Å². The van der Waals surface area contributed by atoms with E-state index in [1.807, 2.05) is 13.8 Å². The Labute approximate surface area is 109 Å². The number of nitrogens with zero attached hydrogens (tertiary/aromatic N) is 1. The summed E-state index contributed by atoms with van der Waals surface area (Å²) in [5.74, 6) is -0.0216. The van der Waals surface area contributed by atoms with Crippen LogP contribution in [-0.2, 0) is 14.6 Å². The van der Waals surface area contributed by atoms with E-state index in [4.69, 9.17) is 0 Å². The lowest BCUT2D eigenvalue weighted by Crippen LogP contribution is -2.33. The molecule has 0 aromatic rings. The molecule has 1 aliphatic rings. The Morgan fingerprint density at radius 3 is 2.28 bits per heavy atom. The summed E-state index contributed by atoms with van der Waals surface area (Å²) in [6.07, 6.45) is 1.86. The summed E-state index contributed by atoms with van der Waals surface area (Å²) in [6.45, 7) is 5.46. The van der Waals surface area contributed by atoms with E-state index in [-0.39, 0.29) is 23.7 Å². The molecule has 1 aliphatic carbocycles. The summed E-state index contributed by atoms with van der Waals surface area (Å²) in [7, 11) is -3.13. The number of hydrogen-bond acceptors (Lipinski definition) is 4. The molecule has 0 N–H and O–H groups in total. The zero-order valence-corrected chi connectivity index (χ0v) is 12.1. The Morgan fingerprint density at radius 1 is 1.28 bits per heavy atom. The van der Waals surface area contributed by atoms with E-state index >= 15 is 0 Å². The lowest BCUT2D eigenvalue weighted by molar-refractivity contribution is -0.130. The normalized spacial score (nSPS) is 27.1. The van der Waals surface area contributed by atoms with E-state index < -0.39 is 20.7 Å². The van der Waals surface area contributed by atoms with Crippen molar-refractivity contribution >= 4 is 15.6 Å². The van der Waals surface area contributed by atoms with Gasteiger partial charge in [-0.25, -0.2) is 8.42 Å². The average Bonchev–Trinajstić information content (AvgIpc) is 2.50. The van der Waals surface area contributed by atoms with Crippen molar-refractivity contribution in [3.05, 3.63) is 0 Å². The van der Waals surface area contributed by atoms with Gasteiger partial charge in [0.25, 0.3) is 0 Å². The first-order chi connectivity index (χ1) is 8.19. The van der Waals surface area contributed by atoms with E-state index in [2.05, 4.69) is 6.07 Å². The second kappa shape index (κ2) is 5.00. The summed E-state index contributed by atoms with van der Waals surface area (Å²) in [6, 6.07) is 2.08. The molecule has 1 unspecified atom stereocenters. The van der Waals surface area contributed by atoms with E-state index in [0.717, 1.165) is 0 Å². The first-order valence-corrected chi connectivity index (χ1v) is 8.18. The van der Waals surface area contributed by atoms with Gasteiger partial charge in [0, 0.05) is 11.2 Å². The number of ketones is 1. The van der Waals surface area contributed by atoms with E-state index in [1.165, 1.54) is 0 Å². The number of nitriles is 1. The second-order valence-corrected chi connectivity index (χ2v) is 8.11. The van der Waals surface area contributed by atoms with Crippen molar-refractivity contribution in [2.45, 2.75) is 46.5 Å². The minimum Gasteiger partial charge on any atom is -0.297 e. The van der Waals surface area contributed by atoms with Crippen LogP contribution in [0.3, 0.4) is 0 Å². The van der Waals surface area contributed by atoms with Gasteiger partial charge in [-0.2, -0.15) is 5.26 Å². The minimum absolute atomic E-state index is 0.0593. The Hall–Kier alpha value is -0.890. The molecular formula is C13H21NO3S. The van der Waals surface area contributed by atoms with Crippen LogP contribution >= 0.6 is 0 Å². The molecule has 0 spiro atoms. The third-order valence-corrected chi connectivity index (χ3v) is 5.65. The molecule has 4 nitrogen and oxygen atoms in total. The second-order valence-electron chi connectivity index (χ2n) is 5.81. The first-order valence-electron chi connectivity index (χ1n) is 6.36. The summed E-state index contributed by atoms with van der Waals surface area (Å²) in [5, 5.41) is 9.28. The monoisotopic (exact) mass is 271 g/mol. The quantitative estimate of drug-likeness (QED) is 0.767. The molecule has 0 aromatic carbocycles. The number of rotatable bonds is 5. The van der Waals surface area contributed by atoms with Crippen molar-refractivity contribution in [2.75, 3.05) is 11.5 Å². The number of Topliss-reactive ketones (excluding diaryl/α,β-unsaturated/α-hetero) is 1.